The average molecular weight is 470 g/mol. The normalized spacial score (nSPS) is 21.6. The lowest BCUT2D eigenvalue weighted by molar-refractivity contribution is -0.124. The number of hydrogen-bond acceptors (Lipinski definition) is 4. The highest BCUT2D eigenvalue weighted by Crippen LogP contribution is 2.33. The smallest absolute Gasteiger partial charge is 0.244 e. The molecule has 3 atom stereocenters. The topological polar surface area (TPSA) is 60.9 Å². The van der Waals surface area contributed by atoms with E-state index in [1.165, 1.54) is 5.56 Å². The van der Waals surface area contributed by atoms with Crippen LogP contribution in [0.4, 0.5) is 5.69 Å². The van der Waals surface area contributed by atoms with E-state index in [4.69, 9.17) is 0 Å². The molecule has 7 heteroatoms. The van der Waals surface area contributed by atoms with Gasteiger partial charge in [-0.3, -0.25) is 9.69 Å². The molecule has 0 spiro atoms. The highest BCUT2D eigenvalue weighted by molar-refractivity contribution is 7.89. The van der Waals surface area contributed by atoms with Crippen LogP contribution >= 0.6 is 0 Å². The Morgan fingerprint density at radius 3 is 2.27 bits per heavy atom. The third kappa shape index (κ3) is 4.59. The van der Waals surface area contributed by atoms with Gasteiger partial charge in [0.2, 0.25) is 15.9 Å². The van der Waals surface area contributed by atoms with E-state index in [0.29, 0.717) is 37.0 Å². The summed E-state index contributed by atoms with van der Waals surface area (Å²) in [7, 11) is -3.53. The van der Waals surface area contributed by atoms with E-state index in [0.717, 1.165) is 24.1 Å². The second-order valence-electron chi connectivity index (χ2n) is 9.38. The van der Waals surface area contributed by atoms with Gasteiger partial charge in [-0.1, -0.05) is 44.2 Å². The predicted molar refractivity (Wildman–Crippen MR) is 132 cm³/mol. The van der Waals surface area contributed by atoms with Crippen LogP contribution in [-0.4, -0.2) is 61.8 Å². The van der Waals surface area contributed by atoms with Crippen LogP contribution in [0.5, 0.6) is 0 Å². The van der Waals surface area contributed by atoms with E-state index in [9.17, 15) is 13.2 Å². The van der Waals surface area contributed by atoms with Gasteiger partial charge in [0.05, 0.1) is 10.9 Å². The molecule has 2 aliphatic rings. The summed E-state index contributed by atoms with van der Waals surface area (Å²) < 4.78 is 27.9. The maximum absolute atomic E-state index is 13.4. The first-order valence-corrected chi connectivity index (χ1v) is 13.4. The molecule has 0 radical (unpaired) electrons. The van der Waals surface area contributed by atoms with Crippen LogP contribution in [-0.2, 0) is 21.2 Å². The molecule has 2 heterocycles. The van der Waals surface area contributed by atoms with Crippen LogP contribution in [0, 0.1) is 0 Å². The standard InChI is InChI=1S/C26H35N3O3S/c1-5-19(2)22-10-12-24(13-11-22)33(31,32)28-16-14-27(15-17-28)21(4)26(30)29-20(3)18-23-8-6-7-9-25(23)29/h6-13,19-21H,5,14-18H2,1-4H3. The first-order valence-electron chi connectivity index (χ1n) is 12.0. The van der Waals surface area contributed by atoms with Crippen LogP contribution in [0.3, 0.4) is 0 Å². The highest BCUT2D eigenvalue weighted by atomic mass is 32.2. The van der Waals surface area contributed by atoms with Crippen molar-refractivity contribution < 1.29 is 13.2 Å². The fourth-order valence-electron chi connectivity index (χ4n) is 4.94. The molecule has 0 saturated carbocycles. The van der Waals surface area contributed by atoms with Crippen LogP contribution in [0.2, 0.25) is 0 Å². The van der Waals surface area contributed by atoms with Gasteiger partial charge in [0.1, 0.15) is 0 Å². The molecule has 178 valence electrons. The van der Waals surface area contributed by atoms with E-state index in [2.05, 4.69) is 31.7 Å². The molecule has 4 rings (SSSR count). The number of fused-ring (bicyclic) bond motifs is 1. The maximum Gasteiger partial charge on any atom is 0.244 e. The summed E-state index contributed by atoms with van der Waals surface area (Å²) in [6.07, 6.45) is 1.89. The van der Waals surface area contributed by atoms with Gasteiger partial charge in [-0.25, -0.2) is 8.42 Å². The van der Waals surface area contributed by atoms with E-state index in [1.807, 2.05) is 42.2 Å². The van der Waals surface area contributed by atoms with Gasteiger partial charge in [0.25, 0.3) is 0 Å². The Bertz CT molecular complexity index is 1090. The molecule has 0 N–H and O–H groups in total. The van der Waals surface area contributed by atoms with Crippen molar-refractivity contribution in [3.8, 4) is 0 Å². The number of benzene rings is 2. The van der Waals surface area contributed by atoms with E-state index < -0.39 is 10.0 Å². The summed E-state index contributed by atoms with van der Waals surface area (Å²) in [5, 5.41) is 0. The van der Waals surface area contributed by atoms with Gasteiger partial charge in [-0.2, -0.15) is 4.31 Å². The van der Waals surface area contributed by atoms with Crippen LogP contribution in [0.1, 0.15) is 51.2 Å². The molecule has 0 bridgehead atoms. The molecule has 0 aliphatic carbocycles. The SMILES string of the molecule is CCC(C)c1ccc(S(=O)(=O)N2CCN(C(C)C(=O)N3c4ccccc4CC3C)CC2)cc1. The number of piperazine rings is 1. The molecular formula is C26H35N3O3S. The number of rotatable bonds is 6. The number of anilines is 1. The zero-order valence-corrected chi connectivity index (χ0v) is 20.9. The third-order valence-electron chi connectivity index (χ3n) is 7.32. The second kappa shape index (κ2) is 9.57. The fourth-order valence-corrected chi connectivity index (χ4v) is 6.37. The molecule has 2 aliphatic heterocycles. The lowest BCUT2D eigenvalue weighted by Gasteiger charge is -2.38. The maximum atomic E-state index is 13.4. The van der Waals surface area contributed by atoms with Crippen molar-refractivity contribution in [3.05, 3.63) is 59.7 Å². The summed E-state index contributed by atoms with van der Waals surface area (Å²) in [5.41, 5.74) is 3.37. The second-order valence-corrected chi connectivity index (χ2v) is 11.3. The lowest BCUT2D eigenvalue weighted by Crippen LogP contribution is -2.56. The van der Waals surface area contributed by atoms with Crippen molar-refractivity contribution in [2.75, 3.05) is 31.1 Å². The Labute approximate surface area is 198 Å². The van der Waals surface area contributed by atoms with E-state index in [1.54, 1.807) is 16.4 Å². The zero-order chi connectivity index (χ0) is 23.8. The largest absolute Gasteiger partial charge is 0.308 e. The summed E-state index contributed by atoms with van der Waals surface area (Å²) in [5.74, 6) is 0.499. The van der Waals surface area contributed by atoms with Gasteiger partial charge in [0, 0.05) is 37.9 Å². The molecule has 0 aromatic heterocycles. The van der Waals surface area contributed by atoms with Gasteiger partial charge < -0.3 is 4.90 Å². The number of carbonyl (C=O) groups is 1. The van der Waals surface area contributed by atoms with Crippen molar-refractivity contribution in [1.82, 2.24) is 9.21 Å². The summed E-state index contributed by atoms with van der Waals surface area (Å²) in [6.45, 7) is 10.2. The Hall–Kier alpha value is -2.22. The molecule has 6 nitrogen and oxygen atoms in total. The predicted octanol–water partition coefficient (Wildman–Crippen LogP) is 3.87. The molecule has 1 saturated heterocycles. The monoisotopic (exact) mass is 469 g/mol. The quantitative estimate of drug-likeness (QED) is 0.644. The number of sulfonamides is 1. The molecule has 3 unspecified atom stereocenters. The van der Waals surface area contributed by atoms with Gasteiger partial charge in [0.15, 0.2) is 0 Å². The average Bonchev–Trinajstić information content (AvgIpc) is 3.18. The zero-order valence-electron chi connectivity index (χ0n) is 20.1. The highest BCUT2D eigenvalue weighted by Gasteiger charge is 2.37. The van der Waals surface area contributed by atoms with Gasteiger partial charge in [-0.15, -0.1) is 0 Å². The Morgan fingerprint density at radius 2 is 1.64 bits per heavy atom. The number of nitrogens with zero attached hydrogens (tertiary/aromatic N) is 3. The van der Waals surface area contributed by atoms with Crippen LogP contribution < -0.4 is 4.90 Å². The summed E-state index contributed by atoms with van der Waals surface area (Å²) in [4.78, 5) is 17.7. The summed E-state index contributed by atoms with van der Waals surface area (Å²) in [6, 6.07) is 15.2. The molecule has 2 aromatic rings. The van der Waals surface area contributed by atoms with Crippen molar-refractivity contribution in [2.45, 2.75) is 63.4 Å². The molecule has 33 heavy (non-hydrogen) atoms. The first-order chi connectivity index (χ1) is 15.7. The van der Waals surface area contributed by atoms with E-state index >= 15 is 0 Å². The molecule has 1 fully saturated rings. The van der Waals surface area contributed by atoms with Gasteiger partial charge >= 0.3 is 0 Å². The minimum absolute atomic E-state index is 0.0874. The van der Waals surface area contributed by atoms with Crippen LogP contribution in [0.15, 0.2) is 53.4 Å². The van der Waals surface area contributed by atoms with Crippen LogP contribution in [0.25, 0.3) is 0 Å². The van der Waals surface area contributed by atoms with Crippen molar-refractivity contribution >= 4 is 21.6 Å². The Balaban J connectivity index is 1.40. The molecular weight excluding hydrogens is 434 g/mol. The summed E-state index contributed by atoms with van der Waals surface area (Å²) >= 11 is 0. The third-order valence-corrected chi connectivity index (χ3v) is 9.24. The van der Waals surface area contributed by atoms with E-state index in [-0.39, 0.29) is 18.0 Å². The van der Waals surface area contributed by atoms with Crippen molar-refractivity contribution in [1.29, 1.82) is 0 Å². The minimum Gasteiger partial charge on any atom is -0.308 e. The Morgan fingerprint density at radius 1 is 1.00 bits per heavy atom. The Kier molecular flexibility index (Phi) is 6.93. The molecule has 1 amide bonds. The van der Waals surface area contributed by atoms with Crippen molar-refractivity contribution in [2.24, 2.45) is 0 Å². The number of para-hydroxylation sites is 1. The number of carbonyl (C=O) groups excluding carboxylic acids is 1. The molecule has 2 aromatic carbocycles. The lowest BCUT2D eigenvalue weighted by atomic mass is 9.99. The fraction of sp³-hybridized carbons (Fsp3) is 0.500. The number of amides is 1. The number of hydrogen-bond donors (Lipinski definition) is 0. The first kappa shape index (κ1) is 23.9. The minimum atomic E-state index is -3.53. The van der Waals surface area contributed by atoms with Gasteiger partial charge in [-0.05, 0) is 61.9 Å². The van der Waals surface area contributed by atoms with Crippen molar-refractivity contribution in [3.63, 3.8) is 0 Å².